The standard InChI is InChI=1S/C12H22N2/c1-3-11-8-10(2)9-14(11)12-4-6-13-7-5-12/h11-13H,2-9H2,1H3. The summed E-state index contributed by atoms with van der Waals surface area (Å²) in [7, 11) is 0. The first-order valence-corrected chi connectivity index (χ1v) is 5.94. The maximum absolute atomic E-state index is 4.14. The molecule has 1 atom stereocenters. The van der Waals surface area contributed by atoms with E-state index in [0.29, 0.717) is 0 Å². The Morgan fingerprint density at radius 2 is 2.14 bits per heavy atom. The number of nitrogens with one attached hydrogen (secondary N) is 1. The summed E-state index contributed by atoms with van der Waals surface area (Å²) in [5.41, 5.74) is 1.44. The van der Waals surface area contributed by atoms with E-state index >= 15 is 0 Å². The molecule has 1 N–H and O–H groups in total. The molecule has 0 aromatic rings. The predicted molar refractivity (Wildman–Crippen MR) is 60.4 cm³/mol. The summed E-state index contributed by atoms with van der Waals surface area (Å²) in [4.78, 5) is 2.70. The second-order valence-electron chi connectivity index (χ2n) is 4.67. The van der Waals surface area contributed by atoms with Gasteiger partial charge in [-0.05, 0) is 38.8 Å². The van der Waals surface area contributed by atoms with Crippen LogP contribution in [0.15, 0.2) is 12.2 Å². The highest BCUT2D eigenvalue weighted by Crippen LogP contribution is 2.28. The van der Waals surface area contributed by atoms with Crippen molar-refractivity contribution in [2.75, 3.05) is 19.6 Å². The number of rotatable bonds is 2. The molecule has 0 amide bonds. The summed E-state index contributed by atoms with van der Waals surface area (Å²) in [6.07, 6.45) is 5.16. The summed E-state index contributed by atoms with van der Waals surface area (Å²) in [5.74, 6) is 0. The minimum Gasteiger partial charge on any atom is -0.317 e. The molecule has 1 unspecified atom stereocenters. The van der Waals surface area contributed by atoms with Crippen LogP contribution in [0.1, 0.15) is 32.6 Å². The normalized spacial score (nSPS) is 31.2. The third-order valence-corrected chi connectivity index (χ3v) is 3.65. The lowest BCUT2D eigenvalue weighted by Gasteiger charge is -2.35. The van der Waals surface area contributed by atoms with Crippen LogP contribution in [0.5, 0.6) is 0 Å². The fourth-order valence-corrected chi connectivity index (χ4v) is 2.85. The van der Waals surface area contributed by atoms with Crippen molar-refractivity contribution < 1.29 is 0 Å². The van der Waals surface area contributed by atoms with Gasteiger partial charge >= 0.3 is 0 Å². The highest BCUT2D eigenvalue weighted by molar-refractivity contribution is 5.09. The number of hydrogen-bond acceptors (Lipinski definition) is 2. The van der Waals surface area contributed by atoms with Crippen molar-refractivity contribution in [1.82, 2.24) is 10.2 Å². The zero-order valence-corrected chi connectivity index (χ0v) is 9.26. The second-order valence-corrected chi connectivity index (χ2v) is 4.67. The lowest BCUT2D eigenvalue weighted by atomic mass is 10.0. The number of nitrogens with zero attached hydrogens (tertiary/aromatic N) is 1. The van der Waals surface area contributed by atoms with Crippen molar-refractivity contribution in [1.29, 1.82) is 0 Å². The molecule has 0 bridgehead atoms. The van der Waals surface area contributed by atoms with Crippen LogP contribution in [0.4, 0.5) is 0 Å². The Hall–Kier alpha value is -0.340. The van der Waals surface area contributed by atoms with Gasteiger partial charge in [0, 0.05) is 18.6 Å². The van der Waals surface area contributed by atoms with Crippen LogP contribution in [0, 0.1) is 0 Å². The molecule has 0 aromatic carbocycles. The van der Waals surface area contributed by atoms with Gasteiger partial charge in [-0.25, -0.2) is 0 Å². The van der Waals surface area contributed by atoms with Crippen LogP contribution in [-0.2, 0) is 0 Å². The van der Waals surface area contributed by atoms with Crippen LogP contribution < -0.4 is 5.32 Å². The van der Waals surface area contributed by atoms with E-state index < -0.39 is 0 Å². The summed E-state index contributed by atoms with van der Waals surface area (Å²) >= 11 is 0. The Balaban J connectivity index is 1.97. The highest BCUT2D eigenvalue weighted by Gasteiger charge is 2.31. The molecular weight excluding hydrogens is 172 g/mol. The van der Waals surface area contributed by atoms with E-state index in [2.05, 4.69) is 23.7 Å². The maximum atomic E-state index is 4.14. The summed E-state index contributed by atoms with van der Waals surface area (Å²) in [6.45, 7) is 10.00. The van der Waals surface area contributed by atoms with E-state index in [1.54, 1.807) is 0 Å². The maximum Gasteiger partial charge on any atom is 0.0196 e. The lowest BCUT2D eigenvalue weighted by molar-refractivity contribution is 0.146. The molecule has 0 spiro atoms. The van der Waals surface area contributed by atoms with Crippen LogP contribution in [0.3, 0.4) is 0 Å². The van der Waals surface area contributed by atoms with Crippen LogP contribution in [0.2, 0.25) is 0 Å². The van der Waals surface area contributed by atoms with Gasteiger partial charge < -0.3 is 5.32 Å². The molecule has 2 nitrogen and oxygen atoms in total. The van der Waals surface area contributed by atoms with Crippen molar-refractivity contribution in [2.45, 2.75) is 44.7 Å². The quantitative estimate of drug-likeness (QED) is 0.674. The van der Waals surface area contributed by atoms with Crippen molar-refractivity contribution in [3.05, 3.63) is 12.2 Å². The molecule has 2 aliphatic heterocycles. The largest absolute Gasteiger partial charge is 0.317 e. The van der Waals surface area contributed by atoms with Gasteiger partial charge in [0.15, 0.2) is 0 Å². The Kier molecular flexibility index (Phi) is 3.24. The molecule has 0 saturated carbocycles. The SMILES string of the molecule is C=C1CC(CC)N(C2CCNCC2)C1. The molecule has 80 valence electrons. The molecular formula is C12H22N2. The Labute approximate surface area is 87.4 Å². The summed E-state index contributed by atoms with van der Waals surface area (Å²) in [5, 5.41) is 3.43. The van der Waals surface area contributed by atoms with Crippen LogP contribution in [-0.4, -0.2) is 36.6 Å². The smallest absolute Gasteiger partial charge is 0.0196 e. The average molecular weight is 194 g/mol. The van der Waals surface area contributed by atoms with E-state index in [9.17, 15) is 0 Å². The molecule has 0 radical (unpaired) electrons. The molecule has 2 rings (SSSR count). The second kappa shape index (κ2) is 4.45. The van der Waals surface area contributed by atoms with Crippen molar-refractivity contribution in [2.24, 2.45) is 0 Å². The molecule has 2 saturated heterocycles. The van der Waals surface area contributed by atoms with Gasteiger partial charge in [-0.1, -0.05) is 19.1 Å². The van der Waals surface area contributed by atoms with Crippen LogP contribution in [0.25, 0.3) is 0 Å². The summed E-state index contributed by atoms with van der Waals surface area (Å²) in [6, 6.07) is 1.60. The van der Waals surface area contributed by atoms with Gasteiger partial charge in [0.25, 0.3) is 0 Å². The van der Waals surface area contributed by atoms with E-state index in [4.69, 9.17) is 0 Å². The van der Waals surface area contributed by atoms with Gasteiger partial charge in [0.1, 0.15) is 0 Å². The zero-order valence-electron chi connectivity index (χ0n) is 9.26. The van der Waals surface area contributed by atoms with Crippen molar-refractivity contribution in [3.63, 3.8) is 0 Å². The fraction of sp³-hybridized carbons (Fsp3) is 0.833. The topological polar surface area (TPSA) is 15.3 Å². The van der Waals surface area contributed by atoms with Gasteiger partial charge in [-0.2, -0.15) is 0 Å². The molecule has 2 fully saturated rings. The molecule has 2 heterocycles. The molecule has 0 aromatic heterocycles. The van der Waals surface area contributed by atoms with Gasteiger partial charge in [-0.15, -0.1) is 0 Å². The number of piperidine rings is 1. The van der Waals surface area contributed by atoms with Crippen molar-refractivity contribution in [3.8, 4) is 0 Å². The van der Waals surface area contributed by atoms with Gasteiger partial charge in [-0.3, -0.25) is 4.90 Å². The highest BCUT2D eigenvalue weighted by atomic mass is 15.2. The average Bonchev–Trinajstić information content (AvgIpc) is 2.61. The monoisotopic (exact) mass is 194 g/mol. The molecule has 14 heavy (non-hydrogen) atoms. The third-order valence-electron chi connectivity index (χ3n) is 3.65. The Bertz CT molecular complexity index is 206. The third kappa shape index (κ3) is 2.01. The Morgan fingerprint density at radius 1 is 1.43 bits per heavy atom. The predicted octanol–water partition coefficient (Wildman–Crippen LogP) is 1.78. The summed E-state index contributed by atoms with van der Waals surface area (Å²) < 4.78 is 0. The molecule has 2 aliphatic rings. The minimum atomic E-state index is 0.783. The lowest BCUT2D eigenvalue weighted by Crippen LogP contribution is -2.45. The van der Waals surface area contributed by atoms with E-state index in [1.807, 2.05) is 0 Å². The van der Waals surface area contributed by atoms with Crippen molar-refractivity contribution >= 4 is 0 Å². The first-order chi connectivity index (χ1) is 6.81. The number of likely N-dealkylation sites (tertiary alicyclic amines) is 1. The van der Waals surface area contributed by atoms with E-state index in [0.717, 1.165) is 18.6 Å². The first-order valence-electron chi connectivity index (χ1n) is 5.94. The minimum absolute atomic E-state index is 0.783. The van der Waals surface area contributed by atoms with Crippen LogP contribution >= 0.6 is 0 Å². The molecule has 0 aliphatic carbocycles. The van der Waals surface area contributed by atoms with Gasteiger partial charge in [0.2, 0.25) is 0 Å². The number of hydrogen-bond donors (Lipinski definition) is 1. The van der Waals surface area contributed by atoms with Gasteiger partial charge in [0.05, 0.1) is 0 Å². The van der Waals surface area contributed by atoms with E-state index in [1.165, 1.54) is 44.3 Å². The van der Waals surface area contributed by atoms with E-state index in [-0.39, 0.29) is 0 Å². The first kappa shape index (κ1) is 10.2. The zero-order chi connectivity index (χ0) is 9.97. The molecule has 2 heteroatoms. The Morgan fingerprint density at radius 3 is 2.79 bits per heavy atom. The fourth-order valence-electron chi connectivity index (χ4n) is 2.85.